The number of carbonyl (C=O) groups excluding carboxylic acids is 2. The highest BCUT2D eigenvalue weighted by atomic mass is 32.1. The highest BCUT2D eigenvalue weighted by molar-refractivity contribution is 7.09. The number of thiophene rings is 1. The summed E-state index contributed by atoms with van der Waals surface area (Å²) in [5, 5.41) is 4.75. The summed E-state index contributed by atoms with van der Waals surface area (Å²) in [5.74, 6) is 0.941. The Morgan fingerprint density at radius 1 is 1.17 bits per heavy atom. The molecule has 1 aromatic heterocycles. The van der Waals surface area contributed by atoms with Crippen LogP contribution in [0.1, 0.15) is 20.8 Å². The molecule has 1 N–H and O–H groups in total. The molecule has 4 rings (SSSR count). The standard InChI is InChI=1S/C22H20N2O4S/c1-27-19-7-3-2-5-16(19)12-24(13-17-6-4-10-29-17)22(26)15-8-9-20-18(11-15)23-21(25)14-28-20/h2-11H,12-14H2,1H3,(H,23,25). The second-order valence-corrected chi connectivity index (χ2v) is 7.63. The zero-order valence-corrected chi connectivity index (χ0v) is 16.7. The normalized spacial score (nSPS) is 12.5. The van der Waals surface area contributed by atoms with Gasteiger partial charge in [-0.15, -0.1) is 11.3 Å². The minimum absolute atomic E-state index is 0.0153. The van der Waals surface area contributed by atoms with Crippen LogP contribution in [0.15, 0.2) is 60.0 Å². The predicted molar refractivity (Wildman–Crippen MR) is 111 cm³/mol. The summed E-state index contributed by atoms with van der Waals surface area (Å²) in [4.78, 5) is 27.9. The fourth-order valence-corrected chi connectivity index (χ4v) is 3.95. The van der Waals surface area contributed by atoms with Crippen LogP contribution in [0, 0.1) is 0 Å². The Bertz CT molecular complexity index is 1030. The maximum Gasteiger partial charge on any atom is 0.262 e. The molecular formula is C22H20N2O4S. The lowest BCUT2D eigenvalue weighted by Gasteiger charge is -2.24. The molecule has 2 amide bonds. The summed E-state index contributed by atoms with van der Waals surface area (Å²) >= 11 is 1.61. The van der Waals surface area contributed by atoms with Gasteiger partial charge in [0, 0.05) is 16.0 Å². The Kier molecular flexibility index (Phi) is 5.48. The number of carbonyl (C=O) groups is 2. The SMILES string of the molecule is COc1ccccc1CN(Cc1cccs1)C(=O)c1ccc2c(c1)NC(=O)CO2. The first-order valence-electron chi connectivity index (χ1n) is 9.14. The van der Waals surface area contributed by atoms with Gasteiger partial charge in [0.25, 0.3) is 11.8 Å². The topological polar surface area (TPSA) is 67.9 Å². The van der Waals surface area contributed by atoms with Gasteiger partial charge < -0.3 is 19.7 Å². The van der Waals surface area contributed by atoms with Gasteiger partial charge in [-0.25, -0.2) is 0 Å². The molecule has 0 radical (unpaired) electrons. The fraction of sp³-hybridized carbons (Fsp3) is 0.182. The fourth-order valence-electron chi connectivity index (χ4n) is 3.23. The molecule has 0 atom stereocenters. The summed E-state index contributed by atoms with van der Waals surface area (Å²) in [6.45, 7) is 0.869. The Balaban J connectivity index is 1.64. The van der Waals surface area contributed by atoms with Gasteiger partial charge in [0.2, 0.25) is 0 Å². The summed E-state index contributed by atoms with van der Waals surface area (Å²) in [7, 11) is 1.62. The van der Waals surface area contributed by atoms with Crippen LogP contribution in [0.5, 0.6) is 11.5 Å². The van der Waals surface area contributed by atoms with E-state index in [1.807, 2.05) is 41.8 Å². The highest BCUT2D eigenvalue weighted by Crippen LogP contribution is 2.30. The summed E-state index contributed by atoms with van der Waals surface area (Å²) in [6.07, 6.45) is 0. The number of hydrogen-bond donors (Lipinski definition) is 1. The molecule has 1 aliphatic heterocycles. The van der Waals surface area contributed by atoms with Gasteiger partial charge in [-0.2, -0.15) is 0 Å². The van der Waals surface area contributed by atoms with Gasteiger partial charge >= 0.3 is 0 Å². The third-order valence-electron chi connectivity index (χ3n) is 4.63. The van der Waals surface area contributed by atoms with Crippen molar-refractivity contribution in [2.24, 2.45) is 0 Å². The highest BCUT2D eigenvalue weighted by Gasteiger charge is 2.22. The van der Waals surface area contributed by atoms with Gasteiger partial charge in [-0.1, -0.05) is 24.3 Å². The van der Waals surface area contributed by atoms with E-state index in [1.165, 1.54) is 0 Å². The van der Waals surface area contributed by atoms with Crippen molar-refractivity contribution in [1.29, 1.82) is 0 Å². The molecular weight excluding hydrogens is 388 g/mol. The van der Waals surface area contributed by atoms with Gasteiger partial charge in [0.15, 0.2) is 6.61 Å². The summed E-state index contributed by atoms with van der Waals surface area (Å²) in [5.41, 5.74) is 1.93. The van der Waals surface area contributed by atoms with Crippen molar-refractivity contribution in [2.75, 3.05) is 19.0 Å². The zero-order chi connectivity index (χ0) is 20.2. The number of nitrogens with zero attached hydrogens (tertiary/aromatic N) is 1. The van der Waals surface area contributed by atoms with Crippen LogP contribution in [-0.2, 0) is 17.9 Å². The molecule has 6 nitrogen and oxygen atoms in total. The van der Waals surface area contributed by atoms with Gasteiger partial charge in [0.05, 0.1) is 25.9 Å². The minimum atomic E-state index is -0.230. The minimum Gasteiger partial charge on any atom is -0.496 e. The average Bonchev–Trinajstić information content (AvgIpc) is 3.25. The first kappa shape index (κ1) is 19.0. The largest absolute Gasteiger partial charge is 0.496 e. The van der Waals surface area contributed by atoms with E-state index < -0.39 is 0 Å². The van der Waals surface area contributed by atoms with Gasteiger partial charge in [-0.3, -0.25) is 9.59 Å². The van der Waals surface area contributed by atoms with Crippen molar-refractivity contribution < 1.29 is 19.1 Å². The number of nitrogens with one attached hydrogen (secondary N) is 1. The molecule has 0 aliphatic carbocycles. The molecule has 2 heterocycles. The van der Waals surface area contributed by atoms with E-state index in [0.29, 0.717) is 30.1 Å². The molecule has 0 unspecified atom stereocenters. The first-order chi connectivity index (χ1) is 14.1. The number of amides is 2. The maximum absolute atomic E-state index is 13.4. The molecule has 148 valence electrons. The van der Waals surface area contributed by atoms with Crippen LogP contribution < -0.4 is 14.8 Å². The molecule has 0 spiro atoms. The van der Waals surface area contributed by atoms with E-state index in [9.17, 15) is 9.59 Å². The van der Waals surface area contributed by atoms with E-state index >= 15 is 0 Å². The molecule has 1 aliphatic rings. The Labute approximate surface area is 172 Å². The number of methoxy groups -OCH3 is 1. The Hall–Kier alpha value is -3.32. The zero-order valence-electron chi connectivity index (χ0n) is 15.9. The number of ether oxygens (including phenoxy) is 2. The van der Waals surface area contributed by atoms with Crippen LogP contribution in [0.2, 0.25) is 0 Å². The number of fused-ring (bicyclic) bond motifs is 1. The van der Waals surface area contributed by atoms with Crippen molar-refractivity contribution in [1.82, 2.24) is 4.90 Å². The van der Waals surface area contributed by atoms with Crippen LogP contribution in [-0.4, -0.2) is 30.4 Å². The van der Waals surface area contributed by atoms with Crippen molar-refractivity contribution in [3.8, 4) is 11.5 Å². The smallest absolute Gasteiger partial charge is 0.262 e. The van der Waals surface area contributed by atoms with Gasteiger partial charge in [0.1, 0.15) is 11.5 Å². The van der Waals surface area contributed by atoms with Crippen molar-refractivity contribution in [3.63, 3.8) is 0 Å². The predicted octanol–water partition coefficient (Wildman–Crippen LogP) is 3.93. The number of rotatable bonds is 6. The van der Waals surface area contributed by atoms with Crippen molar-refractivity contribution in [3.05, 3.63) is 76.0 Å². The number of anilines is 1. The molecule has 0 saturated carbocycles. The van der Waals surface area contributed by atoms with Crippen LogP contribution >= 0.6 is 11.3 Å². The lowest BCUT2D eigenvalue weighted by Crippen LogP contribution is -2.30. The average molecular weight is 408 g/mol. The van der Waals surface area contributed by atoms with Crippen LogP contribution in [0.3, 0.4) is 0 Å². The maximum atomic E-state index is 13.4. The molecule has 2 aromatic carbocycles. The lowest BCUT2D eigenvalue weighted by atomic mass is 10.1. The molecule has 29 heavy (non-hydrogen) atoms. The molecule has 0 bridgehead atoms. The lowest BCUT2D eigenvalue weighted by molar-refractivity contribution is -0.118. The van der Waals surface area contributed by atoms with Gasteiger partial charge in [-0.05, 0) is 35.7 Å². The van der Waals surface area contributed by atoms with Crippen LogP contribution in [0.25, 0.3) is 0 Å². The third-order valence-corrected chi connectivity index (χ3v) is 5.49. The number of hydrogen-bond acceptors (Lipinski definition) is 5. The molecule has 0 saturated heterocycles. The van der Waals surface area contributed by atoms with E-state index in [-0.39, 0.29) is 18.4 Å². The van der Waals surface area contributed by atoms with E-state index in [1.54, 1.807) is 41.5 Å². The quantitative estimate of drug-likeness (QED) is 0.671. The molecule has 7 heteroatoms. The third kappa shape index (κ3) is 4.25. The summed E-state index contributed by atoms with van der Waals surface area (Å²) in [6, 6.07) is 16.8. The second kappa shape index (κ2) is 8.36. The monoisotopic (exact) mass is 408 g/mol. The van der Waals surface area contributed by atoms with Crippen LogP contribution in [0.4, 0.5) is 5.69 Å². The Morgan fingerprint density at radius 2 is 2.03 bits per heavy atom. The Morgan fingerprint density at radius 3 is 2.83 bits per heavy atom. The van der Waals surface area contributed by atoms with Crippen molar-refractivity contribution >= 4 is 28.8 Å². The second-order valence-electron chi connectivity index (χ2n) is 6.60. The summed E-state index contributed by atoms with van der Waals surface area (Å²) < 4.78 is 10.8. The molecule has 0 fully saturated rings. The number of benzene rings is 2. The van der Waals surface area contributed by atoms with Crippen molar-refractivity contribution in [2.45, 2.75) is 13.1 Å². The van der Waals surface area contributed by atoms with E-state index in [0.717, 1.165) is 16.2 Å². The van der Waals surface area contributed by atoms with E-state index in [2.05, 4.69) is 5.32 Å². The molecule has 3 aromatic rings. The first-order valence-corrected chi connectivity index (χ1v) is 10.0. The van der Waals surface area contributed by atoms with E-state index in [4.69, 9.17) is 9.47 Å². The number of para-hydroxylation sites is 1.